The molecule has 1 aromatic carbocycles. The lowest BCUT2D eigenvalue weighted by molar-refractivity contribution is 0.268. The van der Waals surface area contributed by atoms with E-state index in [4.69, 9.17) is 0 Å². The molecule has 0 radical (unpaired) electrons. The molecule has 0 amide bonds. The Kier molecular flexibility index (Phi) is 6.92. The first-order valence-electron chi connectivity index (χ1n) is 5.38. The maximum absolute atomic E-state index is 9.26. The number of benzene rings is 1. The van der Waals surface area contributed by atoms with E-state index in [1.54, 1.807) is 0 Å². The Morgan fingerprint density at radius 3 is 2.62 bits per heavy atom. The molecule has 1 unspecified atom stereocenters. The largest absolute Gasteiger partial charge is 0.394 e. The molecule has 0 aliphatic carbocycles. The fraction of sp³-hybridized carbons (Fsp3) is 0.500. The van der Waals surface area contributed by atoms with Crippen LogP contribution in [0.5, 0.6) is 0 Å². The molecule has 0 aromatic heterocycles. The van der Waals surface area contributed by atoms with E-state index >= 15 is 0 Å². The first-order chi connectivity index (χ1) is 7.76. The molecule has 0 aliphatic rings. The smallest absolute Gasteiger partial charge is 0.0632 e. The molecular weight excluding hydrogens is 286 g/mol. The van der Waals surface area contributed by atoms with Crippen molar-refractivity contribution >= 4 is 33.4 Å². The normalized spacial score (nSPS) is 12.4. The lowest BCUT2D eigenvalue weighted by atomic mass is 10.1. The van der Waals surface area contributed by atoms with Crippen LogP contribution in [-0.2, 0) is 0 Å². The van der Waals surface area contributed by atoms with Crippen LogP contribution >= 0.6 is 27.7 Å². The number of rotatable bonds is 7. The second kappa shape index (κ2) is 7.98. The zero-order chi connectivity index (χ0) is 11.8. The summed E-state index contributed by atoms with van der Waals surface area (Å²) in [5.41, 5.74) is 1.06. The fourth-order valence-corrected chi connectivity index (χ4v) is 2.18. The minimum Gasteiger partial charge on any atom is -0.394 e. The molecule has 1 atom stereocenters. The monoisotopic (exact) mass is 303 g/mol. The number of halogens is 1. The van der Waals surface area contributed by atoms with Crippen molar-refractivity contribution in [3.05, 3.63) is 28.7 Å². The molecule has 0 saturated heterocycles. The van der Waals surface area contributed by atoms with E-state index in [1.807, 2.05) is 36.0 Å². The van der Waals surface area contributed by atoms with Gasteiger partial charge in [0.05, 0.1) is 6.61 Å². The van der Waals surface area contributed by atoms with Crippen LogP contribution in [0.15, 0.2) is 28.7 Å². The molecule has 4 heteroatoms. The van der Waals surface area contributed by atoms with Gasteiger partial charge >= 0.3 is 0 Å². The summed E-state index contributed by atoms with van der Waals surface area (Å²) in [5, 5.41) is 12.6. The van der Waals surface area contributed by atoms with E-state index in [0.717, 1.165) is 28.8 Å². The summed E-state index contributed by atoms with van der Waals surface area (Å²) in [5.74, 6) is 1.15. The number of anilines is 1. The van der Waals surface area contributed by atoms with Gasteiger partial charge in [-0.25, -0.2) is 0 Å². The van der Waals surface area contributed by atoms with E-state index in [9.17, 15) is 5.11 Å². The van der Waals surface area contributed by atoms with Crippen LogP contribution in [0.3, 0.4) is 0 Å². The zero-order valence-corrected chi connectivity index (χ0v) is 11.9. The van der Waals surface area contributed by atoms with Gasteiger partial charge in [0, 0.05) is 16.2 Å². The van der Waals surface area contributed by atoms with Gasteiger partial charge in [0.15, 0.2) is 0 Å². The maximum atomic E-state index is 9.26. The summed E-state index contributed by atoms with van der Waals surface area (Å²) in [4.78, 5) is 0. The molecule has 1 aromatic rings. The Balaban J connectivity index is 2.40. The topological polar surface area (TPSA) is 32.3 Å². The highest BCUT2D eigenvalue weighted by Gasteiger charge is 2.06. The van der Waals surface area contributed by atoms with Gasteiger partial charge in [-0.1, -0.05) is 15.9 Å². The van der Waals surface area contributed by atoms with Crippen molar-refractivity contribution in [1.82, 2.24) is 0 Å². The molecule has 0 fully saturated rings. The number of thioether (sulfide) groups is 1. The highest BCUT2D eigenvalue weighted by Crippen LogP contribution is 2.16. The predicted molar refractivity (Wildman–Crippen MR) is 76.3 cm³/mol. The van der Waals surface area contributed by atoms with Crippen molar-refractivity contribution in [3.63, 3.8) is 0 Å². The van der Waals surface area contributed by atoms with E-state index in [1.165, 1.54) is 0 Å². The van der Waals surface area contributed by atoms with Crippen LogP contribution in [0, 0.1) is 0 Å². The fourth-order valence-electron chi connectivity index (χ4n) is 1.46. The Morgan fingerprint density at radius 1 is 1.38 bits per heavy atom. The van der Waals surface area contributed by atoms with Crippen LogP contribution in [0.2, 0.25) is 0 Å². The van der Waals surface area contributed by atoms with Gasteiger partial charge < -0.3 is 10.4 Å². The molecule has 2 nitrogen and oxygen atoms in total. The number of aliphatic hydroxyl groups is 1. The summed E-state index contributed by atoms with van der Waals surface area (Å²) in [7, 11) is 0. The molecule has 1 rings (SSSR count). The number of hydrogen-bond acceptors (Lipinski definition) is 3. The third-order valence-corrected chi connectivity index (χ3v) is 3.56. The van der Waals surface area contributed by atoms with Gasteiger partial charge in [0.1, 0.15) is 0 Å². The van der Waals surface area contributed by atoms with Gasteiger partial charge in [-0.15, -0.1) is 0 Å². The number of hydrogen-bond donors (Lipinski definition) is 2. The van der Waals surface area contributed by atoms with E-state index in [-0.39, 0.29) is 12.6 Å². The average molecular weight is 304 g/mol. The van der Waals surface area contributed by atoms with Crippen molar-refractivity contribution in [2.24, 2.45) is 0 Å². The van der Waals surface area contributed by atoms with Gasteiger partial charge in [-0.2, -0.15) is 11.8 Å². The minimum atomic E-state index is 0.160. The second-order valence-electron chi connectivity index (χ2n) is 3.67. The maximum Gasteiger partial charge on any atom is 0.0632 e. The molecule has 0 saturated carbocycles. The zero-order valence-electron chi connectivity index (χ0n) is 9.45. The molecule has 0 bridgehead atoms. The Morgan fingerprint density at radius 2 is 2.06 bits per heavy atom. The lowest BCUT2D eigenvalue weighted by Gasteiger charge is -2.17. The molecular formula is C12H18BrNOS. The SMILES string of the molecule is CSCCCC(CO)Nc1ccc(Br)cc1. The van der Waals surface area contributed by atoms with Crippen LogP contribution in [0.25, 0.3) is 0 Å². The van der Waals surface area contributed by atoms with E-state index in [0.29, 0.717) is 0 Å². The number of nitrogens with one attached hydrogen (secondary N) is 1. The van der Waals surface area contributed by atoms with Crippen molar-refractivity contribution in [2.75, 3.05) is 23.9 Å². The van der Waals surface area contributed by atoms with Crippen LogP contribution < -0.4 is 5.32 Å². The molecule has 16 heavy (non-hydrogen) atoms. The lowest BCUT2D eigenvalue weighted by Crippen LogP contribution is -2.23. The highest BCUT2D eigenvalue weighted by molar-refractivity contribution is 9.10. The summed E-state index contributed by atoms with van der Waals surface area (Å²) >= 11 is 5.25. The quantitative estimate of drug-likeness (QED) is 0.758. The summed E-state index contributed by atoms with van der Waals surface area (Å²) in [6, 6.07) is 8.19. The molecule has 2 N–H and O–H groups in total. The Labute approximate surface area is 110 Å². The van der Waals surface area contributed by atoms with Crippen molar-refractivity contribution < 1.29 is 5.11 Å². The van der Waals surface area contributed by atoms with Gasteiger partial charge in [0.2, 0.25) is 0 Å². The van der Waals surface area contributed by atoms with Crippen molar-refractivity contribution in [1.29, 1.82) is 0 Å². The van der Waals surface area contributed by atoms with Crippen LogP contribution in [-0.4, -0.2) is 29.8 Å². The Hall–Kier alpha value is -0.190. The predicted octanol–water partition coefficient (Wildman–Crippen LogP) is 3.37. The third-order valence-electron chi connectivity index (χ3n) is 2.34. The van der Waals surface area contributed by atoms with E-state index in [2.05, 4.69) is 27.5 Å². The summed E-state index contributed by atoms with van der Waals surface area (Å²) in [6.45, 7) is 0.185. The van der Waals surface area contributed by atoms with E-state index < -0.39 is 0 Å². The first-order valence-corrected chi connectivity index (χ1v) is 7.57. The summed E-state index contributed by atoms with van der Waals surface area (Å²) < 4.78 is 1.07. The second-order valence-corrected chi connectivity index (χ2v) is 5.57. The molecule has 90 valence electrons. The van der Waals surface area contributed by atoms with Crippen LogP contribution in [0.1, 0.15) is 12.8 Å². The Bertz CT molecular complexity index is 292. The highest BCUT2D eigenvalue weighted by atomic mass is 79.9. The summed E-state index contributed by atoms with van der Waals surface area (Å²) in [6.07, 6.45) is 4.25. The third kappa shape index (κ3) is 5.23. The molecule has 0 heterocycles. The average Bonchev–Trinajstić information content (AvgIpc) is 2.31. The van der Waals surface area contributed by atoms with Crippen molar-refractivity contribution in [3.8, 4) is 0 Å². The van der Waals surface area contributed by atoms with Crippen LogP contribution in [0.4, 0.5) is 5.69 Å². The first kappa shape index (κ1) is 13.9. The van der Waals surface area contributed by atoms with Gasteiger partial charge in [0.25, 0.3) is 0 Å². The molecule has 0 aliphatic heterocycles. The molecule has 0 spiro atoms. The van der Waals surface area contributed by atoms with Gasteiger partial charge in [-0.3, -0.25) is 0 Å². The standard InChI is InChI=1S/C12H18BrNOS/c1-16-8-2-3-12(9-15)14-11-6-4-10(13)5-7-11/h4-7,12,14-15H,2-3,8-9H2,1H3. The van der Waals surface area contributed by atoms with Gasteiger partial charge in [-0.05, 0) is 49.1 Å². The van der Waals surface area contributed by atoms with Crippen molar-refractivity contribution in [2.45, 2.75) is 18.9 Å². The minimum absolute atomic E-state index is 0.160. The number of aliphatic hydroxyl groups excluding tert-OH is 1.